The van der Waals surface area contributed by atoms with E-state index in [1.807, 2.05) is 12.1 Å². The zero-order valence-corrected chi connectivity index (χ0v) is 13.7. The molecule has 22 heavy (non-hydrogen) atoms. The van der Waals surface area contributed by atoms with Crippen LogP contribution in [0, 0.1) is 0 Å². The molecule has 2 saturated heterocycles. The number of ether oxygens (including phenoxy) is 1. The van der Waals surface area contributed by atoms with Gasteiger partial charge in [0, 0.05) is 39.1 Å². The number of aromatic nitrogens is 1. The SMILES string of the molecule is COC1CCN(S(=O)(=O)N2CCCC2c2cccnc2)CC1. The molecular formula is C15H23N3O3S. The van der Waals surface area contributed by atoms with Crippen LogP contribution in [-0.2, 0) is 14.9 Å². The van der Waals surface area contributed by atoms with Crippen molar-refractivity contribution in [2.45, 2.75) is 37.8 Å². The van der Waals surface area contributed by atoms with Gasteiger partial charge in [0.2, 0.25) is 0 Å². The van der Waals surface area contributed by atoms with Gasteiger partial charge in [0.25, 0.3) is 10.2 Å². The minimum atomic E-state index is -3.41. The number of piperidine rings is 1. The van der Waals surface area contributed by atoms with Crippen LogP contribution >= 0.6 is 0 Å². The van der Waals surface area contributed by atoms with Crippen molar-refractivity contribution in [3.63, 3.8) is 0 Å². The molecule has 0 aliphatic carbocycles. The molecular weight excluding hydrogens is 302 g/mol. The summed E-state index contributed by atoms with van der Waals surface area (Å²) in [6.07, 6.45) is 6.96. The van der Waals surface area contributed by atoms with Gasteiger partial charge in [0.05, 0.1) is 12.1 Å². The largest absolute Gasteiger partial charge is 0.381 e. The summed E-state index contributed by atoms with van der Waals surface area (Å²) in [4.78, 5) is 4.13. The second-order valence-corrected chi connectivity index (χ2v) is 7.78. The fourth-order valence-corrected chi connectivity index (χ4v) is 5.25. The average molecular weight is 325 g/mol. The fourth-order valence-electron chi connectivity index (χ4n) is 3.37. The Bertz CT molecular complexity index is 585. The van der Waals surface area contributed by atoms with Crippen molar-refractivity contribution in [2.24, 2.45) is 0 Å². The molecule has 0 N–H and O–H groups in total. The van der Waals surface area contributed by atoms with Crippen molar-refractivity contribution in [2.75, 3.05) is 26.7 Å². The lowest BCUT2D eigenvalue weighted by molar-refractivity contribution is 0.0590. The number of hydrogen-bond donors (Lipinski definition) is 0. The third-order valence-corrected chi connectivity index (χ3v) is 6.68. The summed E-state index contributed by atoms with van der Waals surface area (Å²) < 4.78 is 34.5. The lowest BCUT2D eigenvalue weighted by Crippen LogP contribution is -2.47. The van der Waals surface area contributed by atoms with E-state index in [0.29, 0.717) is 19.6 Å². The first-order valence-electron chi connectivity index (χ1n) is 7.82. The summed E-state index contributed by atoms with van der Waals surface area (Å²) in [6, 6.07) is 3.74. The summed E-state index contributed by atoms with van der Waals surface area (Å²) in [5.41, 5.74) is 0.982. The quantitative estimate of drug-likeness (QED) is 0.843. The number of methoxy groups -OCH3 is 1. The minimum absolute atomic E-state index is 0.0844. The monoisotopic (exact) mass is 325 g/mol. The van der Waals surface area contributed by atoms with Crippen molar-refractivity contribution in [1.82, 2.24) is 13.6 Å². The van der Waals surface area contributed by atoms with E-state index in [-0.39, 0.29) is 12.1 Å². The van der Waals surface area contributed by atoms with Crippen molar-refractivity contribution in [3.05, 3.63) is 30.1 Å². The maximum Gasteiger partial charge on any atom is 0.282 e. The van der Waals surface area contributed by atoms with Crippen LogP contribution in [0.25, 0.3) is 0 Å². The molecule has 1 atom stereocenters. The van der Waals surface area contributed by atoms with E-state index in [1.54, 1.807) is 28.1 Å². The van der Waals surface area contributed by atoms with Gasteiger partial charge < -0.3 is 4.74 Å². The van der Waals surface area contributed by atoms with E-state index in [4.69, 9.17) is 4.74 Å². The van der Waals surface area contributed by atoms with Crippen LogP contribution in [0.1, 0.15) is 37.3 Å². The highest BCUT2D eigenvalue weighted by Crippen LogP contribution is 2.35. The van der Waals surface area contributed by atoms with Gasteiger partial charge in [-0.3, -0.25) is 4.98 Å². The smallest absolute Gasteiger partial charge is 0.282 e. The summed E-state index contributed by atoms with van der Waals surface area (Å²) >= 11 is 0. The first-order chi connectivity index (χ1) is 10.6. The van der Waals surface area contributed by atoms with E-state index >= 15 is 0 Å². The number of nitrogens with zero attached hydrogens (tertiary/aromatic N) is 3. The molecule has 0 amide bonds. The summed E-state index contributed by atoms with van der Waals surface area (Å²) in [7, 11) is -1.72. The highest BCUT2D eigenvalue weighted by atomic mass is 32.2. The lowest BCUT2D eigenvalue weighted by Gasteiger charge is -2.35. The number of pyridine rings is 1. The fraction of sp³-hybridized carbons (Fsp3) is 0.667. The predicted molar refractivity (Wildman–Crippen MR) is 83.4 cm³/mol. The topological polar surface area (TPSA) is 62.7 Å². The van der Waals surface area contributed by atoms with Crippen LogP contribution in [-0.4, -0.2) is 54.9 Å². The molecule has 0 saturated carbocycles. The van der Waals surface area contributed by atoms with Crippen LogP contribution in [0.2, 0.25) is 0 Å². The first-order valence-corrected chi connectivity index (χ1v) is 9.22. The average Bonchev–Trinajstić information content (AvgIpc) is 3.06. The third kappa shape index (κ3) is 3.03. The maximum absolute atomic E-state index is 13.0. The Morgan fingerprint density at radius 1 is 1.23 bits per heavy atom. The van der Waals surface area contributed by atoms with Crippen molar-refractivity contribution in [3.8, 4) is 0 Å². The highest BCUT2D eigenvalue weighted by Gasteiger charge is 2.40. The number of hydrogen-bond acceptors (Lipinski definition) is 4. The van der Waals surface area contributed by atoms with Crippen LogP contribution in [0.15, 0.2) is 24.5 Å². The van der Waals surface area contributed by atoms with Gasteiger partial charge in [0.1, 0.15) is 0 Å². The standard InChI is InChI=1S/C15H23N3O3S/c1-21-14-6-10-17(11-7-14)22(19,20)18-9-3-5-15(18)13-4-2-8-16-12-13/h2,4,8,12,14-15H,3,5-7,9-11H2,1H3. The Morgan fingerprint density at radius 3 is 2.64 bits per heavy atom. The zero-order chi connectivity index (χ0) is 15.6. The van der Waals surface area contributed by atoms with Crippen molar-refractivity contribution < 1.29 is 13.2 Å². The Morgan fingerprint density at radius 2 is 2.00 bits per heavy atom. The molecule has 7 heteroatoms. The van der Waals surface area contributed by atoms with Gasteiger partial charge in [-0.2, -0.15) is 17.0 Å². The molecule has 6 nitrogen and oxygen atoms in total. The Kier molecular flexibility index (Phi) is 4.77. The molecule has 1 aromatic heterocycles. The van der Waals surface area contributed by atoms with E-state index in [0.717, 1.165) is 31.2 Å². The highest BCUT2D eigenvalue weighted by molar-refractivity contribution is 7.86. The predicted octanol–water partition coefficient (Wildman–Crippen LogP) is 1.57. The van der Waals surface area contributed by atoms with Crippen LogP contribution in [0.4, 0.5) is 0 Å². The summed E-state index contributed by atoms with van der Waals surface area (Å²) in [6.45, 7) is 1.67. The van der Waals surface area contributed by atoms with E-state index < -0.39 is 10.2 Å². The second kappa shape index (κ2) is 6.62. The normalized spacial score (nSPS) is 25.6. The molecule has 1 aromatic rings. The zero-order valence-electron chi connectivity index (χ0n) is 12.9. The molecule has 2 aliphatic rings. The van der Waals surface area contributed by atoms with Crippen LogP contribution in [0.3, 0.4) is 0 Å². The Hall–Kier alpha value is -1.02. The van der Waals surface area contributed by atoms with Crippen molar-refractivity contribution in [1.29, 1.82) is 0 Å². The first kappa shape index (κ1) is 15.9. The van der Waals surface area contributed by atoms with E-state index in [2.05, 4.69) is 4.98 Å². The molecule has 1 unspecified atom stereocenters. The van der Waals surface area contributed by atoms with Crippen LogP contribution < -0.4 is 0 Å². The molecule has 3 rings (SSSR count). The van der Waals surface area contributed by atoms with Gasteiger partial charge in [-0.05, 0) is 37.3 Å². The molecule has 0 radical (unpaired) electrons. The maximum atomic E-state index is 13.0. The number of rotatable bonds is 4. The second-order valence-electron chi connectivity index (χ2n) is 5.90. The van der Waals surface area contributed by atoms with Gasteiger partial charge in [0.15, 0.2) is 0 Å². The summed E-state index contributed by atoms with van der Waals surface area (Å²) in [5.74, 6) is 0. The molecule has 0 spiro atoms. The minimum Gasteiger partial charge on any atom is -0.381 e. The molecule has 0 aromatic carbocycles. The summed E-state index contributed by atoms with van der Waals surface area (Å²) in [5, 5.41) is 0. The molecule has 2 aliphatic heterocycles. The molecule has 3 heterocycles. The van der Waals surface area contributed by atoms with Crippen LogP contribution in [0.5, 0.6) is 0 Å². The Balaban J connectivity index is 1.77. The van der Waals surface area contributed by atoms with Gasteiger partial charge >= 0.3 is 0 Å². The molecule has 0 bridgehead atoms. The Labute approximate surface area is 132 Å². The lowest BCUT2D eigenvalue weighted by atomic mass is 10.1. The van der Waals surface area contributed by atoms with Gasteiger partial charge in [-0.25, -0.2) is 0 Å². The molecule has 122 valence electrons. The molecule has 2 fully saturated rings. The van der Waals surface area contributed by atoms with E-state index in [1.165, 1.54) is 0 Å². The van der Waals surface area contributed by atoms with Gasteiger partial charge in [-0.15, -0.1) is 0 Å². The van der Waals surface area contributed by atoms with Gasteiger partial charge in [-0.1, -0.05) is 6.07 Å². The van der Waals surface area contributed by atoms with E-state index in [9.17, 15) is 8.42 Å². The van der Waals surface area contributed by atoms with Crippen molar-refractivity contribution >= 4 is 10.2 Å². The third-order valence-electron chi connectivity index (χ3n) is 4.63.